The number of alkyl halides is 6. The van der Waals surface area contributed by atoms with Gasteiger partial charge in [0, 0.05) is 11.3 Å². The Hall–Kier alpha value is -4.21. The Balaban J connectivity index is 2.02. The molecule has 3 rings (SSSR count). The highest BCUT2D eigenvalue weighted by Crippen LogP contribution is 2.39. The molecule has 2 aromatic carbocycles. The lowest BCUT2D eigenvalue weighted by molar-refractivity contribution is -0.138. The highest BCUT2D eigenvalue weighted by molar-refractivity contribution is 5.75. The van der Waals surface area contributed by atoms with Crippen molar-refractivity contribution in [3.8, 4) is 6.07 Å². The van der Waals surface area contributed by atoms with Gasteiger partial charge in [-0.05, 0) is 43.3 Å². The molecule has 0 aliphatic rings. The predicted octanol–water partition coefficient (Wildman–Crippen LogP) is 7.18. The second-order valence-electron chi connectivity index (χ2n) is 6.87. The van der Waals surface area contributed by atoms with Gasteiger partial charge in [-0.1, -0.05) is 6.07 Å². The van der Waals surface area contributed by atoms with E-state index in [9.17, 15) is 36.0 Å². The lowest BCUT2D eigenvalue weighted by Crippen LogP contribution is -2.07. The van der Waals surface area contributed by atoms with Crippen LogP contribution < -0.4 is 11.1 Å². The average molecular weight is 482 g/mol. The average Bonchev–Trinajstić information content (AvgIpc) is 2.73. The van der Waals surface area contributed by atoms with E-state index in [1.807, 2.05) is 0 Å². The molecule has 176 valence electrons. The van der Waals surface area contributed by atoms with Gasteiger partial charge in [0.05, 0.1) is 22.4 Å². The number of hydrogen-bond acceptors (Lipinski definition) is 6. The molecular formula is C21H13F7N6. The highest BCUT2D eigenvalue weighted by atomic mass is 19.4. The number of anilines is 3. The first kappa shape index (κ1) is 24.4. The molecule has 0 saturated heterocycles. The molecule has 0 saturated carbocycles. The third-order valence-electron chi connectivity index (χ3n) is 4.53. The minimum Gasteiger partial charge on any atom is -0.382 e. The number of nitriles is 1. The van der Waals surface area contributed by atoms with Crippen molar-refractivity contribution >= 4 is 28.7 Å². The van der Waals surface area contributed by atoms with Gasteiger partial charge < -0.3 is 11.1 Å². The smallest absolute Gasteiger partial charge is 0.382 e. The van der Waals surface area contributed by atoms with Crippen molar-refractivity contribution < 1.29 is 30.7 Å². The number of halogens is 7. The summed E-state index contributed by atoms with van der Waals surface area (Å²) in [5.74, 6) is -1.67. The molecular weight excluding hydrogens is 469 g/mol. The number of aromatic nitrogens is 1. The van der Waals surface area contributed by atoms with E-state index in [4.69, 9.17) is 5.73 Å². The maximum atomic E-state index is 13.3. The molecule has 0 unspecified atom stereocenters. The number of azo groups is 1. The first-order chi connectivity index (χ1) is 15.8. The van der Waals surface area contributed by atoms with E-state index < -0.39 is 35.0 Å². The maximum Gasteiger partial charge on any atom is 0.418 e. The van der Waals surface area contributed by atoms with Gasteiger partial charge in [-0.15, -0.1) is 10.2 Å². The molecule has 0 fully saturated rings. The fraction of sp³-hybridized carbons (Fsp3) is 0.143. The Labute approximate surface area is 187 Å². The summed E-state index contributed by atoms with van der Waals surface area (Å²) in [6.07, 6.45) is -9.51. The van der Waals surface area contributed by atoms with Crippen molar-refractivity contribution in [2.75, 3.05) is 11.1 Å². The summed E-state index contributed by atoms with van der Waals surface area (Å²) in [7, 11) is 0. The Bertz CT molecular complexity index is 1310. The maximum absolute atomic E-state index is 13.3. The van der Waals surface area contributed by atoms with Gasteiger partial charge in [0.25, 0.3) is 0 Å². The number of nitrogens with one attached hydrogen (secondary N) is 1. The largest absolute Gasteiger partial charge is 0.418 e. The van der Waals surface area contributed by atoms with Crippen LogP contribution in [0.25, 0.3) is 0 Å². The van der Waals surface area contributed by atoms with Crippen LogP contribution in [0.15, 0.2) is 52.7 Å². The quantitative estimate of drug-likeness (QED) is 0.304. The Morgan fingerprint density at radius 1 is 1.00 bits per heavy atom. The molecule has 0 spiro atoms. The summed E-state index contributed by atoms with van der Waals surface area (Å²) in [5.41, 5.74) is 2.45. The molecule has 1 heterocycles. The fourth-order valence-corrected chi connectivity index (χ4v) is 2.91. The number of nitrogens with zero attached hydrogens (tertiary/aromatic N) is 4. The SMILES string of the molecule is Cc1c(C#N)c(Nc2cccc(C(F)(F)F)c2)nc(N)c1N=Nc1ccc(F)cc1C(F)(F)F. The zero-order valence-corrected chi connectivity index (χ0v) is 17.1. The molecule has 0 aliphatic carbocycles. The normalized spacial score (nSPS) is 12.1. The van der Waals surface area contributed by atoms with E-state index in [1.165, 1.54) is 13.0 Å². The van der Waals surface area contributed by atoms with Gasteiger partial charge in [-0.3, -0.25) is 0 Å². The number of nitrogens with two attached hydrogens (primary N) is 1. The molecule has 34 heavy (non-hydrogen) atoms. The molecule has 0 radical (unpaired) electrons. The monoisotopic (exact) mass is 482 g/mol. The zero-order valence-electron chi connectivity index (χ0n) is 17.1. The van der Waals surface area contributed by atoms with E-state index in [1.54, 1.807) is 6.07 Å². The number of hydrogen-bond donors (Lipinski definition) is 2. The lowest BCUT2D eigenvalue weighted by atomic mass is 10.1. The number of benzene rings is 2. The predicted molar refractivity (Wildman–Crippen MR) is 108 cm³/mol. The van der Waals surface area contributed by atoms with Crippen molar-refractivity contribution in [3.63, 3.8) is 0 Å². The van der Waals surface area contributed by atoms with E-state index in [-0.39, 0.29) is 40.2 Å². The van der Waals surface area contributed by atoms with Crippen LogP contribution in [0.3, 0.4) is 0 Å². The van der Waals surface area contributed by atoms with E-state index in [2.05, 4.69) is 20.5 Å². The van der Waals surface area contributed by atoms with Crippen molar-refractivity contribution in [1.29, 1.82) is 5.26 Å². The van der Waals surface area contributed by atoms with Gasteiger partial charge in [0.2, 0.25) is 0 Å². The second-order valence-corrected chi connectivity index (χ2v) is 6.87. The van der Waals surface area contributed by atoms with Crippen LogP contribution in [-0.2, 0) is 12.4 Å². The fourth-order valence-electron chi connectivity index (χ4n) is 2.91. The van der Waals surface area contributed by atoms with Crippen molar-refractivity contribution in [1.82, 2.24) is 4.98 Å². The Kier molecular flexibility index (Phi) is 6.45. The van der Waals surface area contributed by atoms with E-state index >= 15 is 0 Å². The molecule has 0 bridgehead atoms. The van der Waals surface area contributed by atoms with Crippen LogP contribution in [0, 0.1) is 24.1 Å². The Morgan fingerprint density at radius 3 is 2.32 bits per heavy atom. The summed E-state index contributed by atoms with van der Waals surface area (Å²) in [6.45, 7) is 1.36. The summed E-state index contributed by atoms with van der Waals surface area (Å²) in [6, 6.07) is 7.72. The standard InChI is InChI=1S/C21H13F7N6/c1-10-14(9-29)19(31-13-4-2-3-11(7-13)20(23,24)25)32-18(30)17(10)34-33-16-6-5-12(22)8-15(16)21(26,27)28/h2-8H,1H3,(H3,30,31,32). The van der Waals surface area contributed by atoms with Crippen molar-refractivity contribution in [2.24, 2.45) is 10.2 Å². The van der Waals surface area contributed by atoms with E-state index in [0.717, 1.165) is 30.3 Å². The summed E-state index contributed by atoms with van der Waals surface area (Å²) < 4.78 is 91.6. The molecule has 3 N–H and O–H groups in total. The van der Waals surface area contributed by atoms with Crippen molar-refractivity contribution in [3.05, 3.63) is 70.5 Å². The van der Waals surface area contributed by atoms with Crippen LogP contribution in [0.2, 0.25) is 0 Å². The molecule has 6 nitrogen and oxygen atoms in total. The third-order valence-corrected chi connectivity index (χ3v) is 4.53. The van der Waals surface area contributed by atoms with Gasteiger partial charge >= 0.3 is 12.4 Å². The Morgan fingerprint density at radius 2 is 1.71 bits per heavy atom. The molecule has 0 aliphatic heterocycles. The summed E-state index contributed by atoms with van der Waals surface area (Å²) in [4.78, 5) is 3.92. The molecule has 1 aromatic heterocycles. The topological polar surface area (TPSA) is 99.5 Å². The van der Waals surface area contributed by atoms with Crippen LogP contribution in [0.5, 0.6) is 0 Å². The van der Waals surface area contributed by atoms with Gasteiger partial charge in [-0.25, -0.2) is 9.37 Å². The van der Waals surface area contributed by atoms with Gasteiger partial charge in [0.1, 0.15) is 17.6 Å². The number of pyridine rings is 1. The van der Waals surface area contributed by atoms with Gasteiger partial charge in [-0.2, -0.15) is 31.6 Å². The molecule has 0 amide bonds. The highest BCUT2D eigenvalue weighted by Gasteiger charge is 2.34. The summed E-state index contributed by atoms with van der Waals surface area (Å²) >= 11 is 0. The minimum atomic E-state index is -4.91. The number of nitrogen functional groups attached to an aromatic ring is 1. The lowest BCUT2D eigenvalue weighted by Gasteiger charge is -2.14. The van der Waals surface area contributed by atoms with Crippen LogP contribution in [0.1, 0.15) is 22.3 Å². The second kappa shape index (κ2) is 8.97. The van der Waals surface area contributed by atoms with Crippen LogP contribution in [-0.4, -0.2) is 4.98 Å². The van der Waals surface area contributed by atoms with Crippen molar-refractivity contribution in [2.45, 2.75) is 19.3 Å². The zero-order chi connectivity index (χ0) is 25.3. The molecule has 0 atom stereocenters. The van der Waals surface area contributed by atoms with E-state index in [0.29, 0.717) is 0 Å². The molecule has 3 aromatic rings. The van der Waals surface area contributed by atoms with Gasteiger partial charge in [0.15, 0.2) is 11.6 Å². The molecule has 13 heteroatoms. The minimum absolute atomic E-state index is 0.0341. The first-order valence-electron chi connectivity index (χ1n) is 9.24. The first-order valence-corrected chi connectivity index (χ1v) is 9.24. The third kappa shape index (κ3) is 5.22. The van der Waals surface area contributed by atoms with Crippen LogP contribution >= 0.6 is 0 Å². The number of rotatable bonds is 4. The van der Waals surface area contributed by atoms with Crippen LogP contribution in [0.4, 0.5) is 59.4 Å². The summed E-state index contributed by atoms with van der Waals surface area (Å²) in [5, 5.41) is 19.3.